The molecule has 2 nitrogen and oxygen atoms in total. The van der Waals surface area contributed by atoms with Crippen molar-refractivity contribution in [2.45, 2.75) is 31.7 Å². The van der Waals surface area contributed by atoms with E-state index >= 15 is 0 Å². The highest BCUT2D eigenvalue weighted by Crippen LogP contribution is 2.27. The number of nitrogens with one attached hydrogen (secondary N) is 1. The molecule has 0 radical (unpaired) electrons. The van der Waals surface area contributed by atoms with Crippen LogP contribution in [-0.2, 0) is 0 Å². The summed E-state index contributed by atoms with van der Waals surface area (Å²) in [5.41, 5.74) is 0. The van der Waals surface area contributed by atoms with Crippen molar-refractivity contribution < 1.29 is 0 Å². The molecule has 2 fully saturated rings. The van der Waals surface area contributed by atoms with Crippen molar-refractivity contribution in [2.24, 2.45) is 5.92 Å². The summed E-state index contributed by atoms with van der Waals surface area (Å²) in [6, 6.07) is 0.830. The minimum absolute atomic E-state index is 0.830. The molecule has 0 aromatic rings. The van der Waals surface area contributed by atoms with E-state index in [1.165, 1.54) is 45.3 Å². The van der Waals surface area contributed by atoms with Gasteiger partial charge in [0, 0.05) is 12.6 Å². The summed E-state index contributed by atoms with van der Waals surface area (Å²) in [5, 5.41) is 3.56. The van der Waals surface area contributed by atoms with Crippen molar-refractivity contribution in [1.82, 2.24) is 10.2 Å². The fourth-order valence-electron chi connectivity index (χ4n) is 2.99. The van der Waals surface area contributed by atoms with E-state index in [-0.39, 0.29) is 0 Å². The SMILES string of the molecule is C=CCN1CCCC2CNCCCC21. The zero-order chi connectivity index (χ0) is 9.80. The van der Waals surface area contributed by atoms with Gasteiger partial charge in [-0.25, -0.2) is 0 Å². The molecule has 2 rings (SSSR count). The molecule has 0 amide bonds. The predicted molar refractivity (Wildman–Crippen MR) is 60.4 cm³/mol. The molecule has 0 aromatic heterocycles. The van der Waals surface area contributed by atoms with E-state index in [9.17, 15) is 0 Å². The number of piperidine rings is 1. The summed E-state index contributed by atoms with van der Waals surface area (Å²) in [6.45, 7) is 8.68. The maximum atomic E-state index is 3.86. The molecule has 2 unspecified atom stereocenters. The maximum Gasteiger partial charge on any atom is 0.0163 e. The minimum Gasteiger partial charge on any atom is -0.316 e. The van der Waals surface area contributed by atoms with Crippen LogP contribution >= 0.6 is 0 Å². The van der Waals surface area contributed by atoms with Gasteiger partial charge in [0.15, 0.2) is 0 Å². The van der Waals surface area contributed by atoms with Crippen LogP contribution < -0.4 is 5.32 Å². The molecule has 0 bridgehead atoms. The van der Waals surface area contributed by atoms with E-state index in [0.717, 1.165) is 18.5 Å². The molecule has 2 atom stereocenters. The highest BCUT2D eigenvalue weighted by molar-refractivity contribution is 4.90. The Kier molecular flexibility index (Phi) is 3.60. The third-order valence-corrected chi connectivity index (χ3v) is 3.66. The molecule has 2 saturated heterocycles. The van der Waals surface area contributed by atoms with Crippen LogP contribution in [-0.4, -0.2) is 37.1 Å². The molecule has 2 heteroatoms. The van der Waals surface area contributed by atoms with Crippen LogP contribution in [0.25, 0.3) is 0 Å². The Hall–Kier alpha value is -0.340. The predicted octanol–water partition coefficient (Wildman–Crippen LogP) is 1.64. The number of rotatable bonds is 2. The van der Waals surface area contributed by atoms with Crippen LogP contribution in [0, 0.1) is 5.92 Å². The third-order valence-electron chi connectivity index (χ3n) is 3.66. The second kappa shape index (κ2) is 4.94. The Labute approximate surface area is 87.4 Å². The second-order valence-corrected chi connectivity index (χ2v) is 4.60. The molecule has 0 spiro atoms. The van der Waals surface area contributed by atoms with Crippen LogP contribution in [0.3, 0.4) is 0 Å². The molecular weight excluding hydrogens is 172 g/mol. The van der Waals surface area contributed by atoms with Gasteiger partial charge in [0.1, 0.15) is 0 Å². The average Bonchev–Trinajstić information content (AvgIpc) is 2.44. The first-order valence-electron chi connectivity index (χ1n) is 5.97. The van der Waals surface area contributed by atoms with Crippen molar-refractivity contribution >= 4 is 0 Å². The van der Waals surface area contributed by atoms with Crippen LogP contribution in [0.1, 0.15) is 25.7 Å². The van der Waals surface area contributed by atoms with Crippen LogP contribution in [0.4, 0.5) is 0 Å². The summed E-state index contributed by atoms with van der Waals surface area (Å²) in [6.07, 6.45) is 7.57. The van der Waals surface area contributed by atoms with E-state index in [4.69, 9.17) is 0 Å². The van der Waals surface area contributed by atoms with Gasteiger partial charge in [-0.15, -0.1) is 6.58 Å². The number of likely N-dealkylation sites (tertiary alicyclic amines) is 1. The molecule has 2 aliphatic heterocycles. The van der Waals surface area contributed by atoms with Crippen molar-refractivity contribution in [3.05, 3.63) is 12.7 Å². The highest BCUT2D eigenvalue weighted by Gasteiger charge is 2.31. The van der Waals surface area contributed by atoms with Gasteiger partial charge in [0.2, 0.25) is 0 Å². The van der Waals surface area contributed by atoms with Crippen molar-refractivity contribution in [1.29, 1.82) is 0 Å². The second-order valence-electron chi connectivity index (χ2n) is 4.60. The lowest BCUT2D eigenvalue weighted by Crippen LogP contribution is -2.46. The quantitative estimate of drug-likeness (QED) is 0.672. The lowest BCUT2D eigenvalue weighted by Gasteiger charge is -2.40. The molecule has 0 saturated carbocycles. The largest absolute Gasteiger partial charge is 0.316 e. The van der Waals surface area contributed by atoms with Crippen molar-refractivity contribution in [3.63, 3.8) is 0 Å². The summed E-state index contributed by atoms with van der Waals surface area (Å²) in [7, 11) is 0. The van der Waals surface area contributed by atoms with Gasteiger partial charge in [0.25, 0.3) is 0 Å². The first-order valence-corrected chi connectivity index (χ1v) is 5.97. The molecule has 2 aliphatic rings. The van der Waals surface area contributed by atoms with Crippen molar-refractivity contribution in [3.8, 4) is 0 Å². The fourth-order valence-corrected chi connectivity index (χ4v) is 2.99. The summed E-state index contributed by atoms with van der Waals surface area (Å²) < 4.78 is 0. The zero-order valence-corrected chi connectivity index (χ0v) is 9.04. The summed E-state index contributed by atoms with van der Waals surface area (Å²) in [5.74, 6) is 0.895. The number of nitrogens with zero attached hydrogens (tertiary/aromatic N) is 1. The monoisotopic (exact) mass is 194 g/mol. The Morgan fingerprint density at radius 1 is 1.36 bits per heavy atom. The van der Waals surface area contributed by atoms with Crippen LogP contribution in [0.2, 0.25) is 0 Å². The van der Waals surface area contributed by atoms with E-state index in [1.807, 2.05) is 0 Å². The zero-order valence-electron chi connectivity index (χ0n) is 9.04. The molecule has 14 heavy (non-hydrogen) atoms. The van der Waals surface area contributed by atoms with Gasteiger partial charge in [-0.2, -0.15) is 0 Å². The highest BCUT2D eigenvalue weighted by atomic mass is 15.2. The molecule has 0 aliphatic carbocycles. The Balaban J connectivity index is 2.00. The molecule has 80 valence electrons. The Bertz CT molecular complexity index is 191. The molecular formula is C12H22N2. The maximum absolute atomic E-state index is 3.86. The first kappa shape index (κ1) is 10.2. The van der Waals surface area contributed by atoms with Gasteiger partial charge >= 0.3 is 0 Å². The normalized spacial score (nSPS) is 34.6. The molecule has 0 aromatic carbocycles. The number of fused-ring (bicyclic) bond motifs is 1. The third kappa shape index (κ3) is 2.18. The summed E-state index contributed by atoms with van der Waals surface area (Å²) >= 11 is 0. The molecule has 2 heterocycles. The van der Waals surface area contributed by atoms with Crippen molar-refractivity contribution in [2.75, 3.05) is 26.2 Å². The van der Waals surface area contributed by atoms with Gasteiger partial charge in [0.05, 0.1) is 0 Å². The van der Waals surface area contributed by atoms with Crippen LogP contribution in [0.15, 0.2) is 12.7 Å². The first-order chi connectivity index (χ1) is 6.92. The topological polar surface area (TPSA) is 15.3 Å². The van der Waals surface area contributed by atoms with E-state index in [1.54, 1.807) is 0 Å². The number of hydrogen-bond donors (Lipinski definition) is 1. The fraction of sp³-hybridized carbons (Fsp3) is 0.833. The van der Waals surface area contributed by atoms with E-state index in [0.29, 0.717) is 0 Å². The Morgan fingerprint density at radius 3 is 3.14 bits per heavy atom. The smallest absolute Gasteiger partial charge is 0.0163 e. The average molecular weight is 194 g/mol. The molecule has 1 N–H and O–H groups in total. The minimum atomic E-state index is 0.830. The standard InChI is InChI=1S/C12H22N2/c1-2-8-14-9-4-5-11-10-13-7-3-6-12(11)14/h2,11-13H,1,3-10H2. The van der Waals surface area contributed by atoms with Gasteiger partial charge < -0.3 is 5.32 Å². The van der Waals surface area contributed by atoms with E-state index in [2.05, 4.69) is 22.9 Å². The lowest BCUT2D eigenvalue weighted by atomic mass is 9.87. The van der Waals surface area contributed by atoms with Gasteiger partial charge in [-0.1, -0.05) is 6.08 Å². The van der Waals surface area contributed by atoms with E-state index < -0.39 is 0 Å². The van der Waals surface area contributed by atoms with Gasteiger partial charge in [-0.3, -0.25) is 4.90 Å². The van der Waals surface area contributed by atoms with Gasteiger partial charge in [-0.05, 0) is 51.2 Å². The Morgan fingerprint density at radius 2 is 2.29 bits per heavy atom. The summed E-state index contributed by atoms with van der Waals surface area (Å²) in [4.78, 5) is 2.63. The van der Waals surface area contributed by atoms with Crippen LogP contribution in [0.5, 0.6) is 0 Å². The lowest BCUT2D eigenvalue weighted by molar-refractivity contribution is 0.105. The number of hydrogen-bond acceptors (Lipinski definition) is 2.